The first-order valence-electron chi connectivity index (χ1n) is 7.82. The van der Waals surface area contributed by atoms with E-state index >= 15 is 0 Å². The quantitative estimate of drug-likeness (QED) is 0.685. The van der Waals surface area contributed by atoms with Crippen molar-refractivity contribution in [1.29, 1.82) is 0 Å². The summed E-state index contributed by atoms with van der Waals surface area (Å²) in [4.78, 5) is 23.5. The minimum Gasteiger partial charge on any atom is -0.465 e. The standard InChI is InChI=1S/C17H25N3O3S/c1-5-6-13(20-16(24)23-17(2,3)4)15(22)19-12-9-7-11(8-10-12)14(18)21/h7-10,13H,5-6H2,1-4H3,(H2,18,21)(H,19,22)(H,20,24)/t13-/m0/s1. The van der Waals surface area contributed by atoms with Crippen molar-refractivity contribution in [3.63, 3.8) is 0 Å². The van der Waals surface area contributed by atoms with E-state index in [-0.39, 0.29) is 11.1 Å². The number of anilines is 1. The van der Waals surface area contributed by atoms with E-state index in [9.17, 15) is 9.59 Å². The normalized spacial score (nSPS) is 12.2. The summed E-state index contributed by atoms with van der Waals surface area (Å²) in [6.07, 6.45) is 1.42. The van der Waals surface area contributed by atoms with Gasteiger partial charge >= 0.3 is 0 Å². The Hall–Kier alpha value is -2.15. The number of carbonyl (C=O) groups excluding carboxylic acids is 2. The molecule has 1 aromatic rings. The number of hydrogen-bond donors (Lipinski definition) is 3. The second-order valence-electron chi connectivity index (χ2n) is 6.42. The van der Waals surface area contributed by atoms with Crippen LogP contribution in [-0.4, -0.2) is 28.6 Å². The number of rotatable bonds is 6. The number of ether oxygens (including phenoxy) is 1. The van der Waals surface area contributed by atoms with E-state index in [1.807, 2.05) is 27.7 Å². The van der Waals surface area contributed by atoms with Crippen molar-refractivity contribution in [2.24, 2.45) is 5.73 Å². The summed E-state index contributed by atoms with van der Waals surface area (Å²) >= 11 is 5.16. The molecule has 132 valence electrons. The molecule has 4 N–H and O–H groups in total. The number of nitrogens with one attached hydrogen (secondary N) is 2. The van der Waals surface area contributed by atoms with Crippen molar-refractivity contribution in [3.05, 3.63) is 29.8 Å². The molecule has 6 nitrogen and oxygen atoms in total. The van der Waals surface area contributed by atoms with Crippen molar-refractivity contribution in [2.45, 2.75) is 52.2 Å². The Morgan fingerprint density at radius 3 is 2.29 bits per heavy atom. The van der Waals surface area contributed by atoms with Crippen LogP contribution < -0.4 is 16.4 Å². The summed E-state index contributed by atoms with van der Waals surface area (Å²) in [6.45, 7) is 7.64. The topological polar surface area (TPSA) is 93.4 Å². The first-order chi connectivity index (χ1) is 11.1. The van der Waals surface area contributed by atoms with Crippen LogP contribution in [0.1, 0.15) is 50.9 Å². The molecule has 0 bridgehead atoms. The monoisotopic (exact) mass is 351 g/mol. The van der Waals surface area contributed by atoms with Crippen molar-refractivity contribution in [1.82, 2.24) is 5.32 Å². The zero-order valence-electron chi connectivity index (χ0n) is 14.5. The van der Waals surface area contributed by atoms with Gasteiger partial charge in [-0.2, -0.15) is 0 Å². The van der Waals surface area contributed by atoms with E-state index in [0.29, 0.717) is 17.7 Å². The fourth-order valence-electron chi connectivity index (χ4n) is 1.95. The number of hydrogen-bond acceptors (Lipinski definition) is 4. The van der Waals surface area contributed by atoms with Gasteiger partial charge in [-0.15, -0.1) is 0 Å². The highest BCUT2D eigenvalue weighted by Crippen LogP contribution is 2.12. The lowest BCUT2D eigenvalue weighted by molar-refractivity contribution is -0.118. The molecule has 1 aromatic carbocycles. The second-order valence-corrected chi connectivity index (χ2v) is 6.79. The SMILES string of the molecule is CCC[C@H](NC(=S)OC(C)(C)C)C(=O)Nc1ccc(C(N)=O)cc1. The van der Waals surface area contributed by atoms with E-state index in [2.05, 4.69) is 10.6 Å². The summed E-state index contributed by atoms with van der Waals surface area (Å²) in [5.41, 5.74) is 5.73. The maximum atomic E-state index is 12.4. The van der Waals surface area contributed by atoms with Gasteiger partial charge in [-0.3, -0.25) is 9.59 Å². The molecule has 0 aliphatic heterocycles. The van der Waals surface area contributed by atoms with Crippen molar-refractivity contribution in [3.8, 4) is 0 Å². The third-order valence-electron chi connectivity index (χ3n) is 3.02. The van der Waals surface area contributed by atoms with E-state index in [0.717, 1.165) is 6.42 Å². The van der Waals surface area contributed by atoms with Gasteiger partial charge in [0.05, 0.1) is 0 Å². The van der Waals surface area contributed by atoms with Crippen LogP contribution in [0.5, 0.6) is 0 Å². The predicted molar refractivity (Wildman–Crippen MR) is 98.9 cm³/mol. The molecule has 0 aliphatic rings. The zero-order chi connectivity index (χ0) is 18.3. The van der Waals surface area contributed by atoms with Gasteiger partial charge in [0.1, 0.15) is 11.6 Å². The maximum absolute atomic E-state index is 12.4. The molecule has 2 amide bonds. The smallest absolute Gasteiger partial charge is 0.257 e. The molecule has 0 fully saturated rings. The van der Waals surface area contributed by atoms with Gasteiger partial charge < -0.3 is 21.1 Å². The molecule has 0 radical (unpaired) electrons. The Morgan fingerprint density at radius 2 is 1.83 bits per heavy atom. The number of carbonyl (C=O) groups is 2. The van der Waals surface area contributed by atoms with Crippen LogP contribution in [0.15, 0.2) is 24.3 Å². The summed E-state index contributed by atoms with van der Waals surface area (Å²) in [5.74, 6) is -0.730. The zero-order valence-corrected chi connectivity index (χ0v) is 15.3. The van der Waals surface area contributed by atoms with E-state index in [4.69, 9.17) is 22.7 Å². The highest BCUT2D eigenvalue weighted by molar-refractivity contribution is 7.80. The predicted octanol–water partition coefficient (Wildman–Crippen LogP) is 2.58. The fraction of sp³-hybridized carbons (Fsp3) is 0.471. The van der Waals surface area contributed by atoms with E-state index < -0.39 is 17.6 Å². The third-order valence-corrected chi connectivity index (χ3v) is 3.22. The summed E-state index contributed by atoms with van der Waals surface area (Å²) in [6, 6.07) is 5.89. The lowest BCUT2D eigenvalue weighted by Gasteiger charge is -2.25. The number of thiocarbonyl (C=S) groups is 1. The van der Waals surface area contributed by atoms with Crippen LogP contribution in [0.2, 0.25) is 0 Å². The number of nitrogens with two attached hydrogens (primary N) is 1. The molecule has 0 saturated carbocycles. The highest BCUT2D eigenvalue weighted by atomic mass is 32.1. The maximum Gasteiger partial charge on any atom is 0.257 e. The van der Waals surface area contributed by atoms with Crippen LogP contribution >= 0.6 is 12.2 Å². The molecule has 0 spiro atoms. The molecule has 7 heteroatoms. The van der Waals surface area contributed by atoms with Crippen LogP contribution in [0.4, 0.5) is 5.69 Å². The van der Waals surface area contributed by atoms with Gasteiger partial charge in [-0.1, -0.05) is 13.3 Å². The Labute approximate surface area is 148 Å². The van der Waals surface area contributed by atoms with Gasteiger partial charge in [0.15, 0.2) is 0 Å². The number of amides is 2. The van der Waals surface area contributed by atoms with Crippen molar-refractivity contribution in [2.75, 3.05) is 5.32 Å². The summed E-state index contributed by atoms with van der Waals surface area (Å²) in [5, 5.41) is 5.93. The largest absolute Gasteiger partial charge is 0.465 e. The number of benzene rings is 1. The van der Waals surface area contributed by atoms with Crippen molar-refractivity contribution < 1.29 is 14.3 Å². The Kier molecular flexibility index (Phi) is 7.16. The average molecular weight is 351 g/mol. The Morgan fingerprint density at radius 1 is 1.25 bits per heavy atom. The van der Waals surface area contributed by atoms with Gasteiger partial charge in [-0.05, 0) is 63.7 Å². The van der Waals surface area contributed by atoms with Crippen LogP contribution in [0.3, 0.4) is 0 Å². The Bertz CT molecular complexity index is 594. The molecule has 0 heterocycles. The first-order valence-corrected chi connectivity index (χ1v) is 8.23. The highest BCUT2D eigenvalue weighted by Gasteiger charge is 2.21. The summed E-state index contributed by atoms with van der Waals surface area (Å²) < 4.78 is 5.55. The second kappa shape index (κ2) is 8.63. The number of primary amides is 1. The van der Waals surface area contributed by atoms with Gasteiger partial charge in [0.2, 0.25) is 11.8 Å². The lowest BCUT2D eigenvalue weighted by Crippen LogP contribution is -2.45. The van der Waals surface area contributed by atoms with E-state index in [1.54, 1.807) is 24.3 Å². The van der Waals surface area contributed by atoms with Crippen LogP contribution in [0, 0.1) is 0 Å². The molecule has 0 saturated heterocycles. The van der Waals surface area contributed by atoms with Gasteiger partial charge in [-0.25, -0.2) is 0 Å². The van der Waals surface area contributed by atoms with E-state index in [1.165, 1.54) is 0 Å². The molecule has 24 heavy (non-hydrogen) atoms. The molecular formula is C17H25N3O3S. The van der Waals surface area contributed by atoms with Gasteiger partial charge in [0.25, 0.3) is 5.17 Å². The average Bonchev–Trinajstić information content (AvgIpc) is 2.45. The minimum atomic E-state index is -0.511. The fourth-order valence-corrected chi connectivity index (χ4v) is 2.35. The minimum absolute atomic E-state index is 0.195. The molecule has 1 atom stereocenters. The molecule has 1 rings (SSSR count). The molecule has 0 aromatic heterocycles. The molecule has 0 unspecified atom stereocenters. The van der Waals surface area contributed by atoms with Crippen LogP contribution in [0.25, 0.3) is 0 Å². The third kappa shape index (κ3) is 6.95. The first kappa shape index (κ1) is 19.9. The molecule has 0 aliphatic carbocycles. The van der Waals surface area contributed by atoms with Gasteiger partial charge in [0, 0.05) is 11.3 Å². The Balaban J connectivity index is 2.72. The van der Waals surface area contributed by atoms with Crippen molar-refractivity contribution >= 4 is 34.9 Å². The lowest BCUT2D eigenvalue weighted by atomic mass is 10.1. The molecular weight excluding hydrogens is 326 g/mol. The van der Waals surface area contributed by atoms with Crippen LogP contribution in [-0.2, 0) is 9.53 Å². The summed E-state index contributed by atoms with van der Waals surface area (Å²) in [7, 11) is 0.